The van der Waals surface area contributed by atoms with Gasteiger partial charge in [0.05, 0.1) is 10.7 Å². The van der Waals surface area contributed by atoms with E-state index in [4.69, 9.17) is 0 Å². The first-order valence-corrected chi connectivity index (χ1v) is 6.23. The molecule has 0 saturated heterocycles. The average molecular weight is 233 g/mol. The molecule has 2 aromatic rings. The van der Waals surface area contributed by atoms with Gasteiger partial charge >= 0.3 is 0 Å². The van der Waals surface area contributed by atoms with Crippen molar-refractivity contribution < 1.29 is 0 Å². The molecule has 0 unspecified atom stereocenters. The van der Waals surface area contributed by atoms with Crippen LogP contribution in [0.25, 0.3) is 0 Å². The van der Waals surface area contributed by atoms with Crippen molar-refractivity contribution in [1.29, 1.82) is 0 Å². The molecule has 2 aromatic heterocycles. The fourth-order valence-corrected chi connectivity index (χ4v) is 2.01. The highest BCUT2D eigenvalue weighted by Gasteiger charge is 1.96. The molecule has 0 atom stereocenters. The Bertz CT molecular complexity index is 408. The van der Waals surface area contributed by atoms with Crippen LogP contribution < -0.4 is 5.32 Å². The van der Waals surface area contributed by atoms with Crippen LogP contribution in [0.1, 0.15) is 16.3 Å². The first-order chi connectivity index (χ1) is 7.84. The van der Waals surface area contributed by atoms with Crippen molar-refractivity contribution in [3.63, 3.8) is 0 Å². The Morgan fingerprint density at radius 1 is 1.31 bits per heavy atom. The predicted octanol–water partition coefficient (Wildman–Crippen LogP) is 2.18. The van der Waals surface area contributed by atoms with Crippen molar-refractivity contribution >= 4 is 11.3 Å². The lowest BCUT2D eigenvalue weighted by Crippen LogP contribution is -2.17. The van der Waals surface area contributed by atoms with Gasteiger partial charge in [-0.25, -0.2) is 4.98 Å². The monoisotopic (exact) mass is 233 g/mol. The molecule has 2 heterocycles. The lowest BCUT2D eigenvalue weighted by molar-refractivity contribution is 0.673. The van der Waals surface area contributed by atoms with Gasteiger partial charge in [-0.2, -0.15) is 0 Å². The van der Waals surface area contributed by atoms with Gasteiger partial charge < -0.3 is 5.32 Å². The van der Waals surface area contributed by atoms with E-state index in [2.05, 4.69) is 27.4 Å². The van der Waals surface area contributed by atoms with Gasteiger partial charge in [0.1, 0.15) is 0 Å². The summed E-state index contributed by atoms with van der Waals surface area (Å²) in [5.41, 5.74) is 2.29. The van der Waals surface area contributed by atoms with Gasteiger partial charge in [-0.1, -0.05) is 6.07 Å². The Balaban J connectivity index is 1.70. The number of hydrogen-bond donors (Lipinski definition) is 1. The molecular formula is C12H15N3S. The first-order valence-electron chi connectivity index (χ1n) is 5.35. The van der Waals surface area contributed by atoms with E-state index in [9.17, 15) is 0 Å². The third kappa shape index (κ3) is 3.40. The molecule has 2 rings (SSSR count). The van der Waals surface area contributed by atoms with Gasteiger partial charge in [0.2, 0.25) is 0 Å². The quantitative estimate of drug-likeness (QED) is 0.804. The SMILES string of the molecule is Cc1ccc(CNCCc2nccs2)nc1. The van der Waals surface area contributed by atoms with Crippen LogP contribution in [-0.4, -0.2) is 16.5 Å². The maximum Gasteiger partial charge on any atom is 0.0937 e. The lowest BCUT2D eigenvalue weighted by atomic mass is 10.3. The van der Waals surface area contributed by atoms with E-state index in [1.807, 2.05) is 24.7 Å². The highest BCUT2D eigenvalue weighted by molar-refractivity contribution is 7.09. The summed E-state index contributed by atoms with van der Waals surface area (Å²) in [4.78, 5) is 8.57. The lowest BCUT2D eigenvalue weighted by Gasteiger charge is -2.03. The van der Waals surface area contributed by atoms with E-state index in [1.165, 1.54) is 10.6 Å². The molecule has 4 heteroatoms. The van der Waals surface area contributed by atoms with E-state index < -0.39 is 0 Å². The van der Waals surface area contributed by atoms with Gasteiger partial charge in [-0.15, -0.1) is 11.3 Å². The van der Waals surface area contributed by atoms with Crippen molar-refractivity contribution in [3.05, 3.63) is 46.2 Å². The fraction of sp³-hybridized carbons (Fsp3) is 0.333. The van der Waals surface area contributed by atoms with Crippen molar-refractivity contribution in [3.8, 4) is 0 Å². The van der Waals surface area contributed by atoms with E-state index in [0.717, 1.165) is 25.2 Å². The number of aryl methyl sites for hydroxylation is 1. The molecule has 3 nitrogen and oxygen atoms in total. The fourth-order valence-electron chi connectivity index (χ4n) is 1.39. The zero-order chi connectivity index (χ0) is 11.2. The minimum Gasteiger partial charge on any atom is -0.311 e. The second-order valence-corrected chi connectivity index (χ2v) is 4.66. The van der Waals surface area contributed by atoms with Crippen molar-refractivity contribution in [2.24, 2.45) is 0 Å². The summed E-state index contributed by atoms with van der Waals surface area (Å²) in [7, 11) is 0. The standard InChI is InChI=1S/C12H15N3S/c1-10-2-3-11(15-8-10)9-13-5-4-12-14-6-7-16-12/h2-3,6-8,13H,4-5,9H2,1H3. The number of nitrogens with one attached hydrogen (secondary N) is 1. The largest absolute Gasteiger partial charge is 0.311 e. The molecule has 0 fully saturated rings. The molecule has 84 valence electrons. The summed E-state index contributed by atoms with van der Waals surface area (Å²) in [5, 5.41) is 6.56. The second-order valence-electron chi connectivity index (χ2n) is 3.68. The molecule has 0 aliphatic heterocycles. The summed E-state index contributed by atoms with van der Waals surface area (Å²) in [6.45, 7) is 3.82. The third-order valence-electron chi connectivity index (χ3n) is 2.28. The average Bonchev–Trinajstić information content (AvgIpc) is 2.80. The molecule has 0 spiro atoms. The number of aromatic nitrogens is 2. The van der Waals surface area contributed by atoms with Crippen molar-refractivity contribution in [1.82, 2.24) is 15.3 Å². The molecule has 0 radical (unpaired) electrons. The maximum absolute atomic E-state index is 4.34. The van der Waals surface area contributed by atoms with E-state index in [-0.39, 0.29) is 0 Å². The Morgan fingerprint density at radius 3 is 2.94 bits per heavy atom. The Kier molecular flexibility index (Phi) is 4.02. The van der Waals surface area contributed by atoms with Crippen molar-refractivity contribution in [2.45, 2.75) is 19.9 Å². The molecule has 0 saturated carbocycles. The minimum absolute atomic E-state index is 0.825. The van der Waals surface area contributed by atoms with Crippen LogP contribution >= 0.6 is 11.3 Å². The molecule has 0 bridgehead atoms. The Hall–Kier alpha value is -1.26. The Morgan fingerprint density at radius 2 is 2.25 bits per heavy atom. The zero-order valence-electron chi connectivity index (χ0n) is 9.31. The van der Waals surface area contributed by atoms with Crippen LogP contribution in [0, 0.1) is 6.92 Å². The van der Waals surface area contributed by atoms with Gasteiger partial charge in [-0.3, -0.25) is 4.98 Å². The van der Waals surface area contributed by atoms with E-state index in [0.29, 0.717) is 0 Å². The van der Waals surface area contributed by atoms with Crippen LogP contribution in [-0.2, 0) is 13.0 Å². The molecule has 0 aliphatic rings. The summed E-state index contributed by atoms with van der Waals surface area (Å²) in [6, 6.07) is 4.15. The van der Waals surface area contributed by atoms with Gasteiger partial charge in [0.15, 0.2) is 0 Å². The molecule has 0 amide bonds. The molecule has 0 aliphatic carbocycles. The third-order valence-corrected chi connectivity index (χ3v) is 3.12. The van der Waals surface area contributed by atoms with Gasteiger partial charge in [0.25, 0.3) is 0 Å². The minimum atomic E-state index is 0.825. The smallest absolute Gasteiger partial charge is 0.0937 e. The Labute approximate surface area is 99.6 Å². The van der Waals surface area contributed by atoms with E-state index in [1.54, 1.807) is 11.3 Å². The topological polar surface area (TPSA) is 37.8 Å². The summed E-state index contributed by atoms with van der Waals surface area (Å²) < 4.78 is 0. The van der Waals surface area contributed by atoms with Gasteiger partial charge in [-0.05, 0) is 18.6 Å². The second kappa shape index (κ2) is 5.72. The number of rotatable bonds is 5. The number of hydrogen-bond acceptors (Lipinski definition) is 4. The number of nitrogens with zero attached hydrogens (tertiary/aromatic N) is 2. The highest BCUT2D eigenvalue weighted by Crippen LogP contribution is 2.03. The first kappa shape index (κ1) is 11.2. The summed E-state index contributed by atoms with van der Waals surface area (Å²) >= 11 is 1.70. The normalized spacial score (nSPS) is 10.6. The van der Waals surface area contributed by atoms with Crippen LogP contribution in [0.5, 0.6) is 0 Å². The molecule has 0 aromatic carbocycles. The molecular weight excluding hydrogens is 218 g/mol. The van der Waals surface area contributed by atoms with Crippen molar-refractivity contribution in [2.75, 3.05) is 6.54 Å². The maximum atomic E-state index is 4.34. The van der Waals surface area contributed by atoms with Crippen LogP contribution in [0.15, 0.2) is 29.9 Å². The van der Waals surface area contributed by atoms with Crippen LogP contribution in [0.3, 0.4) is 0 Å². The molecule has 16 heavy (non-hydrogen) atoms. The van der Waals surface area contributed by atoms with Gasteiger partial charge in [0, 0.05) is 37.3 Å². The zero-order valence-corrected chi connectivity index (χ0v) is 10.1. The molecule has 1 N–H and O–H groups in total. The number of pyridine rings is 1. The number of thiazole rings is 1. The van der Waals surface area contributed by atoms with Crippen LogP contribution in [0.4, 0.5) is 0 Å². The summed E-state index contributed by atoms with van der Waals surface area (Å²) in [5.74, 6) is 0. The van der Waals surface area contributed by atoms with Crippen LogP contribution in [0.2, 0.25) is 0 Å². The van der Waals surface area contributed by atoms with E-state index >= 15 is 0 Å². The predicted molar refractivity (Wildman–Crippen MR) is 66.5 cm³/mol. The highest BCUT2D eigenvalue weighted by atomic mass is 32.1. The summed E-state index contributed by atoms with van der Waals surface area (Å²) in [6.07, 6.45) is 4.74.